The molecule has 2 aliphatic heterocycles. The molecule has 1 aromatic carbocycles. The number of nitrogens with zero attached hydrogens (tertiary/aromatic N) is 1. The number of hydrogen-bond acceptors (Lipinski definition) is 5. The van der Waals surface area contributed by atoms with Gasteiger partial charge in [-0.15, -0.1) is 0 Å². The summed E-state index contributed by atoms with van der Waals surface area (Å²) in [6.45, 7) is 5.20. The summed E-state index contributed by atoms with van der Waals surface area (Å²) in [5.41, 5.74) is 1.90. The van der Waals surface area contributed by atoms with Crippen LogP contribution in [0.2, 0.25) is 0 Å². The maximum Gasteiger partial charge on any atom is 0.241 e. The molecule has 0 unspecified atom stereocenters. The molecule has 0 aliphatic carbocycles. The van der Waals surface area contributed by atoms with Crippen molar-refractivity contribution in [1.29, 1.82) is 0 Å². The minimum atomic E-state index is -3.72. The number of benzene rings is 1. The summed E-state index contributed by atoms with van der Waals surface area (Å²) in [7, 11) is -3.72. The zero-order valence-corrected chi connectivity index (χ0v) is 16.0. The van der Waals surface area contributed by atoms with Gasteiger partial charge in [0.05, 0.1) is 24.7 Å². The summed E-state index contributed by atoms with van der Waals surface area (Å²) in [4.78, 5) is 14.7. The van der Waals surface area contributed by atoms with Crippen LogP contribution in [-0.4, -0.2) is 51.4 Å². The predicted molar refractivity (Wildman–Crippen MR) is 98.0 cm³/mol. The van der Waals surface area contributed by atoms with Crippen LogP contribution in [0.1, 0.15) is 37.3 Å². The molecule has 1 amide bonds. The molecule has 0 atom stereocenters. The van der Waals surface area contributed by atoms with E-state index in [4.69, 9.17) is 4.74 Å². The molecule has 0 radical (unpaired) electrons. The summed E-state index contributed by atoms with van der Waals surface area (Å²) < 4.78 is 32.9. The second-order valence-electron chi connectivity index (χ2n) is 6.82. The van der Waals surface area contributed by atoms with Crippen molar-refractivity contribution in [1.82, 2.24) is 14.9 Å². The molecule has 3 rings (SSSR count). The Bertz CT molecular complexity index is 745. The smallest absolute Gasteiger partial charge is 0.241 e. The molecule has 1 saturated heterocycles. The second-order valence-corrected chi connectivity index (χ2v) is 8.58. The Morgan fingerprint density at radius 1 is 1.27 bits per heavy atom. The topological polar surface area (TPSA) is 87.7 Å². The predicted octanol–water partition coefficient (Wildman–Crippen LogP) is 0.986. The van der Waals surface area contributed by atoms with Crippen LogP contribution in [-0.2, 0) is 32.8 Å². The summed E-state index contributed by atoms with van der Waals surface area (Å²) in [5.74, 6) is -0.160. The van der Waals surface area contributed by atoms with E-state index in [1.807, 2.05) is 11.8 Å². The third kappa shape index (κ3) is 4.43. The van der Waals surface area contributed by atoms with Gasteiger partial charge < -0.3 is 15.0 Å². The van der Waals surface area contributed by atoms with E-state index < -0.39 is 10.0 Å². The average molecular weight is 381 g/mol. The summed E-state index contributed by atoms with van der Waals surface area (Å²) in [6.07, 6.45) is 2.67. The number of carbonyl (C=O) groups excluding carboxylic acids is 1. The van der Waals surface area contributed by atoms with Crippen LogP contribution in [0.4, 0.5) is 0 Å². The van der Waals surface area contributed by atoms with E-state index >= 15 is 0 Å². The first-order valence-electron chi connectivity index (χ1n) is 9.20. The van der Waals surface area contributed by atoms with Crippen molar-refractivity contribution in [3.63, 3.8) is 0 Å². The van der Waals surface area contributed by atoms with Crippen molar-refractivity contribution < 1.29 is 17.9 Å². The molecule has 144 valence electrons. The Balaban J connectivity index is 1.64. The van der Waals surface area contributed by atoms with Crippen LogP contribution in [0.25, 0.3) is 0 Å². The number of hydrogen-bond donors (Lipinski definition) is 2. The molecule has 8 heteroatoms. The molecule has 1 fully saturated rings. The molecule has 2 N–H and O–H groups in total. The van der Waals surface area contributed by atoms with Gasteiger partial charge in [-0.2, -0.15) is 0 Å². The van der Waals surface area contributed by atoms with E-state index in [-0.39, 0.29) is 23.4 Å². The fourth-order valence-electron chi connectivity index (χ4n) is 3.53. The molecule has 2 heterocycles. The van der Waals surface area contributed by atoms with Gasteiger partial charge in [0.2, 0.25) is 15.9 Å². The molecule has 0 bridgehead atoms. The number of amides is 1. The van der Waals surface area contributed by atoms with E-state index in [9.17, 15) is 13.2 Å². The zero-order valence-electron chi connectivity index (χ0n) is 15.2. The van der Waals surface area contributed by atoms with Gasteiger partial charge in [0.15, 0.2) is 0 Å². The van der Waals surface area contributed by atoms with Crippen LogP contribution in [0.5, 0.6) is 0 Å². The number of rotatable bonds is 7. The Kier molecular flexibility index (Phi) is 6.29. The monoisotopic (exact) mass is 381 g/mol. The van der Waals surface area contributed by atoms with Gasteiger partial charge in [-0.25, -0.2) is 13.1 Å². The SMILES string of the molecule is CCCN(C(=O)CNS(=O)(=O)c1ccc2c(c1)COC2)C1CCNCC1. The second kappa shape index (κ2) is 8.47. The Morgan fingerprint density at radius 2 is 2.00 bits per heavy atom. The van der Waals surface area contributed by atoms with Crippen LogP contribution in [0.3, 0.4) is 0 Å². The minimum Gasteiger partial charge on any atom is -0.372 e. The Labute approximate surface area is 155 Å². The third-order valence-electron chi connectivity index (χ3n) is 4.95. The zero-order chi connectivity index (χ0) is 18.6. The highest BCUT2D eigenvalue weighted by molar-refractivity contribution is 7.89. The van der Waals surface area contributed by atoms with Crippen LogP contribution in [0, 0.1) is 0 Å². The maximum absolute atomic E-state index is 12.7. The van der Waals surface area contributed by atoms with E-state index in [1.54, 1.807) is 18.2 Å². The minimum absolute atomic E-state index is 0.160. The molecule has 2 aliphatic rings. The van der Waals surface area contributed by atoms with E-state index in [0.29, 0.717) is 19.8 Å². The number of nitrogens with one attached hydrogen (secondary N) is 2. The quantitative estimate of drug-likeness (QED) is 0.735. The van der Waals surface area contributed by atoms with Gasteiger partial charge in [-0.05, 0) is 55.6 Å². The lowest BCUT2D eigenvalue weighted by Gasteiger charge is -2.34. The van der Waals surface area contributed by atoms with Gasteiger partial charge in [-0.3, -0.25) is 4.79 Å². The van der Waals surface area contributed by atoms with Gasteiger partial charge in [0.1, 0.15) is 0 Å². The van der Waals surface area contributed by atoms with Crippen LogP contribution < -0.4 is 10.0 Å². The third-order valence-corrected chi connectivity index (χ3v) is 6.35. The van der Waals surface area contributed by atoms with Gasteiger partial charge >= 0.3 is 0 Å². The molecule has 1 aromatic rings. The van der Waals surface area contributed by atoms with Gasteiger partial charge in [-0.1, -0.05) is 13.0 Å². The number of piperidine rings is 1. The molecule has 0 spiro atoms. The van der Waals surface area contributed by atoms with Crippen molar-refractivity contribution in [3.05, 3.63) is 29.3 Å². The van der Waals surface area contributed by atoms with Gasteiger partial charge in [0.25, 0.3) is 0 Å². The molecule has 26 heavy (non-hydrogen) atoms. The molecule has 0 saturated carbocycles. The van der Waals surface area contributed by atoms with Crippen LogP contribution in [0.15, 0.2) is 23.1 Å². The van der Waals surface area contributed by atoms with Crippen LogP contribution >= 0.6 is 0 Å². The van der Waals surface area contributed by atoms with E-state index in [0.717, 1.165) is 43.5 Å². The van der Waals surface area contributed by atoms with Crippen molar-refractivity contribution in [3.8, 4) is 0 Å². The number of fused-ring (bicyclic) bond motifs is 1. The van der Waals surface area contributed by atoms with Crippen molar-refractivity contribution in [2.45, 2.75) is 50.3 Å². The van der Waals surface area contributed by atoms with Gasteiger partial charge in [0, 0.05) is 12.6 Å². The van der Waals surface area contributed by atoms with E-state index in [2.05, 4.69) is 10.0 Å². The fraction of sp³-hybridized carbons (Fsp3) is 0.611. The van der Waals surface area contributed by atoms with Crippen molar-refractivity contribution in [2.24, 2.45) is 0 Å². The summed E-state index contributed by atoms with van der Waals surface area (Å²) in [6, 6.07) is 5.16. The molecular weight excluding hydrogens is 354 g/mol. The molecular formula is C18H27N3O4S. The Hall–Kier alpha value is -1.48. The highest BCUT2D eigenvalue weighted by Gasteiger charge is 2.26. The number of ether oxygens (including phenoxy) is 1. The maximum atomic E-state index is 12.7. The normalized spacial score (nSPS) is 17.9. The number of sulfonamides is 1. The average Bonchev–Trinajstić information content (AvgIpc) is 3.13. The molecule has 7 nitrogen and oxygen atoms in total. The first-order chi connectivity index (χ1) is 12.5. The van der Waals surface area contributed by atoms with Crippen molar-refractivity contribution in [2.75, 3.05) is 26.2 Å². The first-order valence-corrected chi connectivity index (χ1v) is 10.7. The standard InChI is InChI=1S/C18H27N3O4S/c1-2-9-21(16-5-7-19-8-6-16)18(22)11-20-26(23,24)17-4-3-14-12-25-13-15(14)10-17/h3-4,10,16,19-20H,2,5-9,11-13H2,1H3. The molecule has 0 aromatic heterocycles. The lowest BCUT2D eigenvalue weighted by atomic mass is 10.0. The fourth-order valence-corrected chi connectivity index (χ4v) is 4.55. The highest BCUT2D eigenvalue weighted by atomic mass is 32.2. The largest absolute Gasteiger partial charge is 0.372 e. The lowest BCUT2D eigenvalue weighted by Crippen LogP contribution is -2.49. The first kappa shape index (κ1) is 19.3. The highest BCUT2D eigenvalue weighted by Crippen LogP contribution is 2.23. The Morgan fingerprint density at radius 3 is 2.73 bits per heavy atom. The van der Waals surface area contributed by atoms with E-state index in [1.165, 1.54) is 0 Å². The van der Waals surface area contributed by atoms with Crippen molar-refractivity contribution >= 4 is 15.9 Å². The number of carbonyl (C=O) groups is 1. The summed E-state index contributed by atoms with van der Waals surface area (Å²) in [5, 5.41) is 3.29. The lowest BCUT2D eigenvalue weighted by molar-refractivity contribution is -0.132. The summed E-state index contributed by atoms with van der Waals surface area (Å²) >= 11 is 0.